The molecule has 0 bridgehead atoms. The average molecular weight is 295 g/mol. The smallest absolute Gasteiger partial charge is 0.237 e. The molecule has 2 aliphatic rings. The van der Waals surface area contributed by atoms with Crippen molar-refractivity contribution in [2.24, 2.45) is 5.92 Å². The summed E-state index contributed by atoms with van der Waals surface area (Å²) in [6, 6.07) is 1.27. The van der Waals surface area contributed by atoms with Crippen molar-refractivity contribution in [3.63, 3.8) is 0 Å². The largest absolute Gasteiger partial charge is 0.355 e. The minimum absolute atomic E-state index is 0.0661. The van der Waals surface area contributed by atoms with Gasteiger partial charge in [0.15, 0.2) is 0 Å². The Balaban J connectivity index is 1.58. The predicted octanol–water partition coefficient (Wildman–Crippen LogP) is 2.14. The normalized spacial score (nSPS) is 28.9. The highest BCUT2D eigenvalue weighted by Crippen LogP contribution is 2.33. The van der Waals surface area contributed by atoms with Crippen LogP contribution in [0.1, 0.15) is 58.8 Å². The highest BCUT2D eigenvalue weighted by molar-refractivity contribution is 5.82. The molecule has 3 unspecified atom stereocenters. The molecule has 0 aromatic carbocycles. The molecule has 1 saturated carbocycles. The highest BCUT2D eigenvalue weighted by Gasteiger charge is 2.37. The summed E-state index contributed by atoms with van der Waals surface area (Å²) in [5.74, 6) is 0.968. The van der Waals surface area contributed by atoms with Gasteiger partial charge in [-0.15, -0.1) is 0 Å². The average Bonchev–Trinajstić information content (AvgIpc) is 2.90. The Morgan fingerprint density at radius 2 is 2.05 bits per heavy atom. The maximum absolute atomic E-state index is 12.2. The van der Waals surface area contributed by atoms with Gasteiger partial charge in [-0.25, -0.2) is 0 Å². The molecule has 122 valence electrons. The van der Waals surface area contributed by atoms with Crippen LogP contribution in [-0.2, 0) is 4.79 Å². The summed E-state index contributed by atoms with van der Waals surface area (Å²) >= 11 is 0. The lowest BCUT2D eigenvalue weighted by Crippen LogP contribution is -2.43. The van der Waals surface area contributed by atoms with Crippen molar-refractivity contribution in [3.8, 4) is 0 Å². The first-order valence-electron chi connectivity index (χ1n) is 8.82. The van der Waals surface area contributed by atoms with Crippen LogP contribution in [0.2, 0.25) is 0 Å². The standard InChI is InChI=1S/C17H33N3O/c1-13(2)20(3)11-7-6-10-18-17(21)16-12-14-8-4-5-9-15(14)19-16/h13-16,19H,4-12H2,1-3H3,(H,18,21). The zero-order valence-corrected chi connectivity index (χ0v) is 14.0. The van der Waals surface area contributed by atoms with Crippen molar-refractivity contribution in [3.05, 3.63) is 0 Å². The highest BCUT2D eigenvalue weighted by atomic mass is 16.2. The Morgan fingerprint density at radius 3 is 2.76 bits per heavy atom. The molecule has 2 N–H and O–H groups in total. The molecule has 0 aromatic rings. The molecular weight excluding hydrogens is 262 g/mol. The van der Waals surface area contributed by atoms with Crippen LogP contribution in [0.25, 0.3) is 0 Å². The Kier molecular flexibility index (Phi) is 6.49. The summed E-state index contributed by atoms with van der Waals surface area (Å²) in [5.41, 5.74) is 0. The van der Waals surface area contributed by atoms with E-state index in [0.29, 0.717) is 12.1 Å². The van der Waals surface area contributed by atoms with Crippen LogP contribution in [0.4, 0.5) is 0 Å². The van der Waals surface area contributed by atoms with Crippen LogP contribution in [0.3, 0.4) is 0 Å². The van der Waals surface area contributed by atoms with Crippen LogP contribution in [0.5, 0.6) is 0 Å². The van der Waals surface area contributed by atoms with Gasteiger partial charge in [-0.2, -0.15) is 0 Å². The number of carbonyl (C=O) groups is 1. The molecule has 4 nitrogen and oxygen atoms in total. The zero-order valence-electron chi connectivity index (χ0n) is 14.0. The van der Waals surface area contributed by atoms with E-state index < -0.39 is 0 Å². The van der Waals surface area contributed by atoms with E-state index in [0.717, 1.165) is 38.3 Å². The van der Waals surface area contributed by atoms with Crippen molar-refractivity contribution in [2.45, 2.75) is 76.9 Å². The maximum Gasteiger partial charge on any atom is 0.237 e. The summed E-state index contributed by atoms with van der Waals surface area (Å²) in [5, 5.41) is 6.66. The molecule has 0 aromatic heterocycles. The Labute approximate surface area is 130 Å². The van der Waals surface area contributed by atoms with Gasteiger partial charge < -0.3 is 15.5 Å². The number of rotatable bonds is 7. The van der Waals surface area contributed by atoms with Crippen LogP contribution < -0.4 is 10.6 Å². The monoisotopic (exact) mass is 295 g/mol. The van der Waals surface area contributed by atoms with Crippen LogP contribution in [0.15, 0.2) is 0 Å². The number of unbranched alkanes of at least 4 members (excludes halogenated alkanes) is 1. The fraction of sp³-hybridized carbons (Fsp3) is 0.941. The first kappa shape index (κ1) is 16.8. The number of hydrogen-bond donors (Lipinski definition) is 2. The molecule has 2 fully saturated rings. The van der Waals surface area contributed by atoms with Gasteiger partial charge in [-0.3, -0.25) is 4.79 Å². The Bertz CT molecular complexity index is 318. The third kappa shape index (κ3) is 4.96. The number of hydrogen-bond acceptors (Lipinski definition) is 3. The number of nitrogens with one attached hydrogen (secondary N) is 2. The number of carbonyl (C=O) groups excluding carboxylic acids is 1. The van der Waals surface area contributed by atoms with E-state index in [1.165, 1.54) is 25.7 Å². The van der Waals surface area contributed by atoms with Gasteiger partial charge in [0, 0.05) is 18.6 Å². The van der Waals surface area contributed by atoms with Gasteiger partial charge in [-0.05, 0) is 65.5 Å². The molecule has 0 radical (unpaired) electrons. The molecule has 0 spiro atoms. The second kappa shape index (κ2) is 8.14. The molecule has 4 heteroatoms. The summed E-state index contributed by atoms with van der Waals surface area (Å²) in [6.45, 7) is 6.36. The number of nitrogens with zero attached hydrogens (tertiary/aromatic N) is 1. The van der Waals surface area contributed by atoms with Crippen molar-refractivity contribution in [1.82, 2.24) is 15.5 Å². The molecule has 1 heterocycles. The van der Waals surface area contributed by atoms with Gasteiger partial charge >= 0.3 is 0 Å². The molecule has 1 aliphatic heterocycles. The fourth-order valence-corrected chi connectivity index (χ4v) is 3.60. The van der Waals surface area contributed by atoms with Crippen molar-refractivity contribution < 1.29 is 4.79 Å². The molecule has 2 rings (SSSR count). The van der Waals surface area contributed by atoms with Crippen molar-refractivity contribution in [1.29, 1.82) is 0 Å². The lowest BCUT2D eigenvalue weighted by Gasteiger charge is -2.24. The molecule has 3 atom stereocenters. The van der Waals surface area contributed by atoms with E-state index >= 15 is 0 Å². The van der Waals surface area contributed by atoms with E-state index in [4.69, 9.17) is 0 Å². The second-order valence-electron chi connectivity index (χ2n) is 7.18. The van der Waals surface area contributed by atoms with E-state index in [1.807, 2.05) is 0 Å². The quantitative estimate of drug-likeness (QED) is 0.707. The topological polar surface area (TPSA) is 44.4 Å². The number of fused-ring (bicyclic) bond motifs is 1. The lowest BCUT2D eigenvalue weighted by atomic mass is 9.85. The molecule has 21 heavy (non-hydrogen) atoms. The van der Waals surface area contributed by atoms with E-state index in [9.17, 15) is 4.79 Å². The first-order valence-corrected chi connectivity index (χ1v) is 8.82. The molecule has 1 aliphatic carbocycles. The molecule has 1 amide bonds. The first-order chi connectivity index (χ1) is 10.1. The van der Waals surface area contributed by atoms with E-state index in [1.54, 1.807) is 0 Å². The van der Waals surface area contributed by atoms with Gasteiger partial charge in [0.2, 0.25) is 5.91 Å². The molecule has 1 saturated heterocycles. The third-order valence-corrected chi connectivity index (χ3v) is 5.30. The van der Waals surface area contributed by atoms with Gasteiger partial charge in [0.05, 0.1) is 6.04 Å². The van der Waals surface area contributed by atoms with Crippen LogP contribution in [-0.4, -0.2) is 49.1 Å². The van der Waals surface area contributed by atoms with Crippen molar-refractivity contribution >= 4 is 5.91 Å². The van der Waals surface area contributed by atoms with E-state index in [2.05, 4.69) is 36.4 Å². The molecular formula is C17H33N3O. The fourth-order valence-electron chi connectivity index (χ4n) is 3.60. The predicted molar refractivity (Wildman–Crippen MR) is 87.3 cm³/mol. The Morgan fingerprint density at radius 1 is 1.29 bits per heavy atom. The summed E-state index contributed by atoms with van der Waals surface area (Å²) in [7, 11) is 2.16. The van der Waals surface area contributed by atoms with Crippen molar-refractivity contribution in [2.75, 3.05) is 20.1 Å². The summed E-state index contributed by atoms with van der Waals surface area (Å²) < 4.78 is 0. The SMILES string of the molecule is CC(C)N(C)CCCCNC(=O)C1CC2CCCCC2N1. The van der Waals surface area contributed by atoms with Gasteiger partial charge in [0.1, 0.15) is 0 Å². The zero-order chi connectivity index (χ0) is 15.2. The Hall–Kier alpha value is -0.610. The second-order valence-corrected chi connectivity index (χ2v) is 7.18. The minimum atomic E-state index is 0.0661. The number of amides is 1. The summed E-state index contributed by atoms with van der Waals surface area (Å²) in [4.78, 5) is 14.6. The lowest BCUT2D eigenvalue weighted by molar-refractivity contribution is -0.122. The van der Waals surface area contributed by atoms with Crippen LogP contribution >= 0.6 is 0 Å². The van der Waals surface area contributed by atoms with E-state index in [-0.39, 0.29) is 11.9 Å². The summed E-state index contributed by atoms with van der Waals surface area (Å²) in [6.07, 6.45) is 8.51. The maximum atomic E-state index is 12.2. The van der Waals surface area contributed by atoms with Gasteiger partial charge in [0.25, 0.3) is 0 Å². The minimum Gasteiger partial charge on any atom is -0.355 e. The van der Waals surface area contributed by atoms with Gasteiger partial charge in [-0.1, -0.05) is 12.8 Å². The van der Waals surface area contributed by atoms with Crippen LogP contribution in [0, 0.1) is 5.92 Å². The third-order valence-electron chi connectivity index (χ3n) is 5.30.